The normalized spacial score (nSPS) is 18.6. The van der Waals surface area contributed by atoms with Crippen LogP contribution in [0.25, 0.3) is 22.3 Å². The molecule has 8 aromatic rings. The van der Waals surface area contributed by atoms with Crippen molar-refractivity contribution in [1.29, 1.82) is 0 Å². The van der Waals surface area contributed by atoms with Gasteiger partial charge in [-0.1, -0.05) is 24.3 Å². The zero-order valence-corrected chi connectivity index (χ0v) is 33.0. The summed E-state index contributed by atoms with van der Waals surface area (Å²) in [5.41, 5.74) is 3.15. The van der Waals surface area contributed by atoms with Crippen LogP contribution in [0.4, 0.5) is 8.78 Å². The third-order valence-electron chi connectivity index (χ3n) is 10.9. The SMILES string of the molecule is Cn1cnc2ncn(Cc3n[nH]c(=O)o3)c(=O)c21.Cn1cnc2ncn(Cc3nn([C@@H]4CC[C@@H](c5ccc(F)cc5)C4)c(=O)o3)c(=O)c21.OC1CCC(c2ccc(F)cc2)C1. The van der Waals surface area contributed by atoms with E-state index in [4.69, 9.17) is 8.83 Å². The molecule has 19 nitrogen and oxygen atoms in total. The summed E-state index contributed by atoms with van der Waals surface area (Å²) in [5.74, 6) is -0.731. The minimum absolute atomic E-state index is 0.00328. The Morgan fingerprint density at radius 1 is 0.672 bits per heavy atom. The number of fused-ring (bicyclic) bond motifs is 2. The summed E-state index contributed by atoms with van der Waals surface area (Å²) in [6.07, 6.45) is 10.7. The fraction of sp³-hybridized carbons (Fsp3) is 0.350. The average molecular weight is 839 g/mol. The Morgan fingerprint density at radius 2 is 1.18 bits per heavy atom. The molecule has 0 saturated heterocycles. The first-order valence-corrected chi connectivity index (χ1v) is 19.4. The number of aromatic nitrogens is 12. The Hall–Kier alpha value is -7.16. The summed E-state index contributed by atoms with van der Waals surface area (Å²) in [6.45, 7) is 0.0367. The summed E-state index contributed by atoms with van der Waals surface area (Å²) in [6, 6.07) is 13.0. The number of aliphatic hydroxyl groups excluding tert-OH is 1. The van der Waals surface area contributed by atoms with Crippen LogP contribution in [0.15, 0.2) is 102 Å². The number of benzene rings is 2. The first-order valence-electron chi connectivity index (χ1n) is 19.4. The molecule has 4 atom stereocenters. The lowest BCUT2D eigenvalue weighted by Gasteiger charge is -2.11. The molecule has 316 valence electrons. The van der Waals surface area contributed by atoms with Crippen LogP contribution in [0.5, 0.6) is 0 Å². The molecule has 10 rings (SSSR count). The Kier molecular flexibility index (Phi) is 11.5. The Labute approximate surface area is 342 Å². The second-order valence-corrected chi connectivity index (χ2v) is 15.1. The molecule has 2 fully saturated rings. The van der Waals surface area contributed by atoms with E-state index in [-0.39, 0.29) is 65.7 Å². The fourth-order valence-corrected chi connectivity index (χ4v) is 7.82. The number of hydrogen-bond donors (Lipinski definition) is 2. The molecule has 0 bridgehead atoms. The lowest BCUT2D eigenvalue weighted by Crippen LogP contribution is -2.23. The largest absolute Gasteiger partial charge is 0.437 e. The van der Waals surface area contributed by atoms with E-state index in [1.807, 2.05) is 12.1 Å². The Morgan fingerprint density at radius 3 is 1.69 bits per heavy atom. The van der Waals surface area contributed by atoms with Crippen LogP contribution < -0.4 is 22.6 Å². The van der Waals surface area contributed by atoms with Gasteiger partial charge < -0.3 is 23.1 Å². The van der Waals surface area contributed by atoms with Crippen molar-refractivity contribution < 1.29 is 22.7 Å². The fourth-order valence-electron chi connectivity index (χ4n) is 7.82. The summed E-state index contributed by atoms with van der Waals surface area (Å²) < 4.78 is 43.0. The van der Waals surface area contributed by atoms with Crippen LogP contribution in [-0.2, 0) is 27.2 Å². The molecular formula is C40H40F2N12O7. The number of aliphatic hydroxyl groups is 1. The third-order valence-corrected chi connectivity index (χ3v) is 10.9. The van der Waals surface area contributed by atoms with Crippen molar-refractivity contribution in [2.45, 2.75) is 75.6 Å². The van der Waals surface area contributed by atoms with E-state index in [1.54, 1.807) is 35.4 Å². The van der Waals surface area contributed by atoms with E-state index in [2.05, 4.69) is 35.2 Å². The maximum atomic E-state index is 13.2. The maximum absolute atomic E-state index is 13.2. The zero-order chi connectivity index (χ0) is 42.8. The van der Waals surface area contributed by atoms with Gasteiger partial charge in [0.2, 0.25) is 11.8 Å². The summed E-state index contributed by atoms with van der Waals surface area (Å²) in [4.78, 5) is 64.2. The van der Waals surface area contributed by atoms with Crippen LogP contribution in [0.2, 0.25) is 0 Å². The minimum atomic E-state index is -0.660. The topological polar surface area (TPSA) is 233 Å². The highest BCUT2D eigenvalue weighted by molar-refractivity contribution is 5.69. The molecule has 6 aromatic heterocycles. The molecule has 2 unspecified atom stereocenters. The van der Waals surface area contributed by atoms with Gasteiger partial charge in [0.25, 0.3) is 11.1 Å². The number of nitrogens with one attached hydrogen (secondary N) is 1. The number of hydrogen-bond acceptors (Lipinski definition) is 13. The maximum Gasteiger partial charge on any atom is 0.437 e. The Bertz CT molecular complexity index is 3030. The van der Waals surface area contributed by atoms with Gasteiger partial charge in [-0.05, 0) is 85.8 Å². The predicted octanol–water partition coefficient (Wildman–Crippen LogP) is 3.28. The van der Waals surface area contributed by atoms with Gasteiger partial charge in [0.05, 0.1) is 24.8 Å². The standard InChI is InChI=1S/C20H19FN6O3.C11H13FO.C9H8N6O3/c1-25-10-22-18-17(25)19(28)26(11-23-18)9-16-24-27(20(29)30-16)15-7-4-13(8-15)12-2-5-14(21)6-3-12;12-10-4-1-8(2-5-10)9-3-6-11(13)7-9;1-14-3-10-7-6(14)8(16)15(4-11-7)2-5-12-13-9(17)18-5/h2-3,5-6,10-11,13,15H,4,7-9H2,1H3;1-2,4-5,9,11,13H,3,6-7H2;3-4H,2H2,1H3,(H,13,17)/t13-,15-;;/m1../s1. The van der Waals surface area contributed by atoms with E-state index in [9.17, 15) is 33.1 Å². The predicted molar refractivity (Wildman–Crippen MR) is 213 cm³/mol. The number of halogens is 2. The van der Waals surface area contributed by atoms with Crippen molar-refractivity contribution in [1.82, 2.24) is 58.2 Å². The summed E-state index contributed by atoms with van der Waals surface area (Å²) >= 11 is 0. The number of aromatic amines is 1. The van der Waals surface area contributed by atoms with E-state index in [1.165, 1.54) is 63.4 Å². The quantitative estimate of drug-likeness (QED) is 0.235. The molecule has 21 heteroatoms. The second kappa shape index (κ2) is 17.2. The molecule has 2 N–H and O–H groups in total. The molecule has 0 spiro atoms. The number of rotatable bonds is 7. The van der Waals surface area contributed by atoms with Gasteiger partial charge in [-0.25, -0.2) is 43.4 Å². The van der Waals surface area contributed by atoms with Gasteiger partial charge in [0.1, 0.15) is 37.4 Å². The highest BCUT2D eigenvalue weighted by Crippen LogP contribution is 2.40. The van der Waals surface area contributed by atoms with Crippen molar-refractivity contribution in [2.24, 2.45) is 14.1 Å². The molecule has 6 heterocycles. The number of nitrogens with zero attached hydrogens (tertiary/aromatic N) is 11. The molecule has 2 aliphatic carbocycles. The highest BCUT2D eigenvalue weighted by atomic mass is 19.1. The smallest absolute Gasteiger partial charge is 0.393 e. The van der Waals surface area contributed by atoms with Gasteiger partial charge in [0.15, 0.2) is 22.3 Å². The molecule has 0 radical (unpaired) electrons. The monoisotopic (exact) mass is 838 g/mol. The first-order chi connectivity index (χ1) is 29.4. The molecule has 2 aromatic carbocycles. The van der Waals surface area contributed by atoms with Crippen LogP contribution in [0.3, 0.4) is 0 Å². The van der Waals surface area contributed by atoms with Gasteiger partial charge in [0, 0.05) is 14.1 Å². The number of aryl methyl sites for hydroxylation is 2. The Balaban J connectivity index is 0.000000140. The van der Waals surface area contributed by atoms with E-state index in [0.717, 1.165) is 49.7 Å². The lowest BCUT2D eigenvalue weighted by molar-refractivity contribution is 0.181. The van der Waals surface area contributed by atoms with E-state index < -0.39 is 11.5 Å². The van der Waals surface area contributed by atoms with Gasteiger partial charge >= 0.3 is 11.5 Å². The van der Waals surface area contributed by atoms with Crippen molar-refractivity contribution in [3.8, 4) is 0 Å². The van der Waals surface area contributed by atoms with Crippen molar-refractivity contribution in [3.05, 3.63) is 150 Å². The molecule has 61 heavy (non-hydrogen) atoms. The molecule has 2 saturated carbocycles. The first kappa shape index (κ1) is 40.6. The van der Waals surface area contributed by atoms with E-state index in [0.29, 0.717) is 28.2 Å². The van der Waals surface area contributed by atoms with E-state index >= 15 is 0 Å². The zero-order valence-electron chi connectivity index (χ0n) is 33.0. The number of imidazole rings is 2. The summed E-state index contributed by atoms with van der Waals surface area (Å²) in [7, 11) is 3.42. The average Bonchev–Trinajstić information content (AvgIpc) is 4.12. The lowest BCUT2D eigenvalue weighted by atomic mass is 9.97. The highest BCUT2D eigenvalue weighted by Gasteiger charge is 2.30. The number of H-pyrrole nitrogens is 1. The molecule has 2 aliphatic rings. The van der Waals surface area contributed by atoms with Crippen molar-refractivity contribution in [3.63, 3.8) is 0 Å². The molecule has 0 aliphatic heterocycles. The third kappa shape index (κ3) is 8.91. The van der Waals surface area contributed by atoms with Gasteiger partial charge in [-0.15, -0.1) is 10.2 Å². The van der Waals surface area contributed by atoms with Crippen LogP contribution >= 0.6 is 0 Å². The summed E-state index contributed by atoms with van der Waals surface area (Å²) in [5, 5.41) is 19.4. The van der Waals surface area contributed by atoms with Crippen molar-refractivity contribution in [2.75, 3.05) is 0 Å². The molecular weight excluding hydrogens is 799 g/mol. The van der Waals surface area contributed by atoms with Gasteiger partial charge in [-0.2, -0.15) is 4.68 Å². The second-order valence-electron chi connectivity index (χ2n) is 15.1. The van der Waals surface area contributed by atoms with Crippen molar-refractivity contribution >= 4 is 22.3 Å². The molecule has 0 amide bonds. The minimum Gasteiger partial charge on any atom is -0.393 e. The van der Waals surface area contributed by atoms with Crippen LogP contribution in [0, 0.1) is 11.6 Å². The van der Waals surface area contributed by atoms with Crippen LogP contribution in [0.1, 0.15) is 79.3 Å². The van der Waals surface area contributed by atoms with Gasteiger partial charge in [-0.3, -0.25) is 18.7 Å². The van der Waals surface area contributed by atoms with Crippen LogP contribution in [-0.4, -0.2) is 69.4 Å².